The molecule has 0 aromatic carbocycles. The van der Waals surface area contributed by atoms with Gasteiger partial charge in [-0.3, -0.25) is 14.9 Å². The highest BCUT2D eigenvalue weighted by Gasteiger charge is 2.27. The zero-order valence-corrected chi connectivity index (χ0v) is 12.0. The highest BCUT2D eigenvalue weighted by atomic mass is 32.1. The second-order valence-corrected chi connectivity index (χ2v) is 5.91. The van der Waals surface area contributed by atoms with Crippen LogP contribution in [-0.4, -0.2) is 11.8 Å². The van der Waals surface area contributed by atoms with Crippen LogP contribution >= 0.6 is 11.3 Å². The molecule has 2 aromatic heterocycles. The van der Waals surface area contributed by atoms with Crippen LogP contribution in [0.5, 0.6) is 0 Å². The fourth-order valence-corrected chi connectivity index (χ4v) is 3.23. The summed E-state index contributed by atoms with van der Waals surface area (Å²) < 4.78 is 5.00. The van der Waals surface area contributed by atoms with Gasteiger partial charge in [0.25, 0.3) is 5.91 Å². The summed E-state index contributed by atoms with van der Waals surface area (Å²) in [6, 6.07) is 5.41. The van der Waals surface area contributed by atoms with Crippen molar-refractivity contribution in [2.45, 2.75) is 25.7 Å². The van der Waals surface area contributed by atoms with E-state index in [0.29, 0.717) is 17.5 Å². The van der Waals surface area contributed by atoms with E-state index in [1.54, 1.807) is 11.3 Å². The van der Waals surface area contributed by atoms with Crippen molar-refractivity contribution in [3.63, 3.8) is 0 Å². The van der Waals surface area contributed by atoms with Gasteiger partial charge in [0.1, 0.15) is 5.76 Å². The zero-order valence-electron chi connectivity index (χ0n) is 11.2. The number of rotatable bonds is 4. The molecule has 5 nitrogen and oxygen atoms in total. The number of thiophene rings is 1. The normalized spacial score (nSPS) is 13.9. The van der Waals surface area contributed by atoms with Crippen LogP contribution in [0.4, 0.5) is 0 Å². The molecular weight excluding hydrogens is 290 g/mol. The summed E-state index contributed by atoms with van der Waals surface area (Å²) in [7, 11) is 0. The Kier molecular flexibility index (Phi) is 3.70. The fourth-order valence-electron chi connectivity index (χ4n) is 2.48. The molecule has 0 radical (unpaired) electrons. The third-order valence-electron chi connectivity index (χ3n) is 3.37. The van der Waals surface area contributed by atoms with E-state index in [0.717, 1.165) is 12.8 Å². The topological polar surface area (TPSA) is 76.4 Å². The Bertz CT molecular complexity index is 746. The van der Waals surface area contributed by atoms with Crippen LogP contribution in [0.3, 0.4) is 0 Å². The molecular formula is C15H13NO4S. The summed E-state index contributed by atoms with van der Waals surface area (Å²) in [6.45, 7) is 0. The van der Waals surface area contributed by atoms with Crippen molar-refractivity contribution >= 4 is 23.2 Å². The van der Waals surface area contributed by atoms with Gasteiger partial charge in [-0.25, -0.2) is 4.79 Å². The molecule has 1 aliphatic heterocycles. The van der Waals surface area contributed by atoms with Gasteiger partial charge in [0.15, 0.2) is 0 Å². The van der Waals surface area contributed by atoms with Crippen molar-refractivity contribution in [2.75, 3.05) is 0 Å². The summed E-state index contributed by atoms with van der Waals surface area (Å²) in [6.07, 6.45) is 2.27. The first-order valence-electron chi connectivity index (χ1n) is 6.66. The van der Waals surface area contributed by atoms with E-state index in [9.17, 15) is 14.4 Å². The molecule has 0 saturated heterocycles. The minimum Gasteiger partial charge on any atom is -0.426 e. The highest BCUT2D eigenvalue weighted by Crippen LogP contribution is 2.20. The summed E-state index contributed by atoms with van der Waals surface area (Å²) in [5, 5.41) is 4.28. The average molecular weight is 303 g/mol. The molecule has 2 aromatic rings. The molecule has 1 aliphatic rings. The number of aryl methyl sites for hydroxylation is 2. The molecule has 0 unspecified atom stereocenters. The number of hydrogen-bond acceptors (Lipinski definition) is 5. The molecule has 0 bridgehead atoms. The lowest BCUT2D eigenvalue weighted by Crippen LogP contribution is -2.38. The number of imide groups is 1. The second kappa shape index (κ2) is 5.65. The first-order chi connectivity index (χ1) is 10.1. The Balaban J connectivity index is 1.83. The molecule has 3 heterocycles. The van der Waals surface area contributed by atoms with E-state index < -0.39 is 17.4 Å². The molecule has 108 valence electrons. The number of carbonyl (C=O) groups excluding carboxylic acids is 2. The average Bonchev–Trinajstić information content (AvgIpc) is 2.90. The molecule has 0 spiro atoms. The summed E-state index contributed by atoms with van der Waals surface area (Å²) >= 11 is 1.69. The summed E-state index contributed by atoms with van der Waals surface area (Å²) in [5.74, 6) is -0.732. The standard InChI is InChI=1S/C15H13NO4S/c17-12-8-11-14(15(19)16-12)9(7-13(18)20-11)3-1-4-10-5-2-6-21-10/h2,5-7H,1,3-4,8H2,(H,16,17,19). The van der Waals surface area contributed by atoms with E-state index in [2.05, 4.69) is 11.4 Å². The number of fused-ring (bicyclic) bond motifs is 1. The Hall–Kier alpha value is -2.21. The molecule has 21 heavy (non-hydrogen) atoms. The lowest BCUT2D eigenvalue weighted by Gasteiger charge is -2.16. The van der Waals surface area contributed by atoms with Crippen LogP contribution in [0.15, 0.2) is 32.8 Å². The number of carbonyl (C=O) groups is 2. The Morgan fingerprint density at radius 2 is 2.10 bits per heavy atom. The Morgan fingerprint density at radius 3 is 2.86 bits per heavy atom. The minimum atomic E-state index is -0.512. The smallest absolute Gasteiger partial charge is 0.336 e. The molecule has 0 saturated carbocycles. The molecule has 1 N–H and O–H groups in total. The Morgan fingerprint density at radius 1 is 1.24 bits per heavy atom. The minimum absolute atomic E-state index is 0.0604. The number of amides is 2. The van der Waals surface area contributed by atoms with E-state index >= 15 is 0 Å². The van der Waals surface area contributed by atoms with Crippen LogP contribution < -0.4 is 10.9 Å². The van der Waals surface area contributed by atoms with Crippen LogP contribution in [0, 0.1) is 0 Å². The summed E-state index contributed by atoms with van der Waals surface area (Å²) in [4.78, 5) is 36.1. The van der Waals surface area contributed by atoms with Gasteiger partial charge in [-0.1, -0.05) is 6.07 Å². The SMILES string of the molecule is O=C1Cc2oc(=O)cc(CCCc3cccs3)c2C(=O)N1. The molecule has 0 fully saturated rings. The maximum Gasteiger partial charge on any atom is 0.336 e. The largest absolute Gasteiger partial charge is 0.426 e. The molecule has 3 rings (SSSR count). The van der Waals surface area contributed by atoms with E-state index in [-0.39, 0.29) is 12.2 Å². The van der Waals surface area contributed by atoms with Crippen molar-refractivity contribution in [1.29, 1.82) is 0 Å². The zero-order chi connectivity index (χ0) is 14.8. The lowest BCUT2D eigenvalue weighted by molar-refractivity contribution is -0.120. The van der Waals surface area contributed by atoms with Gasteiger partial charge in [0.2, 0.25) is 5.91 Å². The maximum absolute atomic E-state index is 11.9. The molecule has 6 heteroatoms. The van der Waals surface area contributed by atoms with Crippen molar-refractivity contribution in [2.24, 2.45) is 0 Å². The fraction of sp³-hybridized carbons (Fsp3) is 0.267. The third kappa shape index (κ3) is 2.95. The van der Waals surface area contributed by atoms with Crippen LogP contribution in [0.2, 0.25) is 0 Å². The molecule has 2 amide bonds. The lowest BCUT2D eigenvalue weighted by atomic mass is 9.97. The first kappa shape index (κ1) is 13.8. The number of nitrogens with one attached hydrogen (secondary N) is 1. The van der Waals surface area contributed by atoms with E-state index in [1.807, 2.05) is 11.4 Å². The third-order valence-corrected chi connectivity index (χ3v) is 4.30. The van der Waals surface area contributed by atoms with Crippen LogP contribution in [-0.2, 0) is 24.1 Å². The van der Waals surface area contributed by atoms with Gasteiger partial charge < -0.3 is 4.42 Å². The quantitative estimate of drug-likeness (QED) is 0.872. The number of hydrogen-bond donors (Lipinski definition) is 1. The van der Waals surface area contributed by atoms with Crippen LogP contribution in [0.25, 0.3) is 0 Å². The van der Waals surface area contributed by atoms with Gasteiger partial charge in [0.05, 0.1) is 12.0 Å². The predicted molar refractivity (Wildman–Crippen MR) is 77.5 cm³/mol. The van der Waals surface area contributed by atoms with Crippen molar-refractivity contribution < 1.29 is 14.0 Å². The monoisotopic (exact) mass is 303 g/mol. The van der Waals surface area contributed by atoms with E-state index in [4.69, 9.17) is 4.42 Å². The van der Waals surface area contributed by atoms with Crippen molar-refractivity contribution in [1.82, 2.24) is 5.32 Å². The summed E-state index contributed by atoms with van der Waals surface area (Å²) in [5.41, 5.74) is 0.491. The second-order valence-electron chi connectivity index (χ2n) is 4.88. The van der Waals surface area contributed by atoms with Gasteiger partial charge in [-0.2, -0.15) is 0 Å². The van der Waals surface area contributed by atoms with Gasteiger partial charge in [-0.05, 0) is 36.3 Å². The van der Waals surface area contributed by atoms with Crippen molar-refractivity contribution in [3.05, 3.63) is 55.8 Å². The Labute approximate surface area is 124 Å². The van der Waals surface area contributed by atoms with E-state index in [1.165, 1.54) is 10.9 Å². The van der Waals surface area contributed by atoms with Gasteiger partial charge >= 0.3 is 5.63 Å². The van der Waals surface area contributed by atoms with Gasteiger partial charge in [-0.15, -0.1) is 11.3 Å². The maximum atomic E-state index is 11.9. The predicted octanol–water partition coefficient (Wildman–Crippen LogP) is 1.69. The van der Waals surface area contributed by atoms with Gasteiger partial charge in [0, 0.05) is 10.9 Å². The highest BCUT2D eigenvalue weighted by molar-refractivity contribution is 7.09. The molecule has 0 atom stereocenters. The first-order valence-corrected chi connectivity index (χ1v) is 7.54. The van der Waals surface area contributed by atoms with Crippen LogP contribution in [0.1, 0.15) is 33.0 Å². The molecule has 0 aliphatic carbocycles. The van der Waals surface area contributed by atoms with Crippen molar-refractivity contribution in [3.8, 4) is 0 Å².